The first-order valence-corrected chi connectivity index (χ1v) is 21.4. The normalized spacial score (nSPS) is 20.3. The van der Waals surface area contributed by atoms with Gasteiger partial charge in [0.15, 0.2) is 0 Å². The average molecular weight is 745 g/mol. The van der Waals surface area contributed by atoms with Crippen molar-refractivity contribution in [3.05, 3.63) is 152 Å². The van der Waals surface area contributed by atoms with Crippen LogP contribution in [0.1, 0.15) is 117 Å². The van der Waals surface area contributed by atoms with Gasteiger partial charge in [-0.1, -0.05) is 186 Å². The molecule has 0 aromatic heterocycles. The molecule has 1 heterocycles. The molecule has 1 atom stereocenters. The van der Waals surface area contributed by atoms with Crippen LogP contribution in [0.2, 0.25) is 0 Å². The maximum absolute atomic E-state index is 4.57. The molecule has 1 aliphatic heterocycles. The van der Waals surface area contributed by atoms with Crippen molar-refractivity contribution in [3.63, 3.8) is 0 Å². The van der Waals surface area contributed by atoms with Gasteiger partial charge < -0.3 is 0 Å². The van der Waals surface area contributed by atoms with Crippen molar-refractivity contribution in [1.82, 2.24) is 0 Å². The van der Waals surface area contributed by atoms with Gasteiger partial charge in [-0.3, -0.25) is 0 Å². The van der Waals surface area contributed by atoms with E-state index < -0.39 is 0 Å². The Bertz CT molecular complexity index is 1930. The average Bonchev–Trinajstić information content (AvgIpc) is 3.05. The molecule has 0 radical (unpaired) electrons. The third kappa shape index (κ3) is 9.82. The molecule has 3 heteroatoms. The Morgan fingerprint density at radius 3 is 1.60 bits per heavy atom. The number of allylic oxidation sites excluding steroid dienone is 7. The van der Waals surface area contributed by atoms with Gasteiger partial charge in [-0.2, -0.15) is 0 Å². The van der Waals surface area contributed by atoms with Gasteiger partial charge in [-0.25, -0.2) is 0 Å². The van der Waals surface area contributed by atoms with Crippen LogP contribution < -0.4 is 0 Å². The molecule has 3 aromatic rings. The summed E-state index contributed by atoms with van der Waals surface area (Å²) in [5.74, 6) is 0.254. The van der Waals surface area contributed by atoms with Crippen LogP contribution in [0.3, 0.4) is 0 Å². The number of hydrogen-bond acceptors (Lipinski definition) is 3. The lowest BCUT2D eigenvalue weighted by Gasteiger charge is -2.33. The highest BCUT2D eigenvalue weighted by Gasteiger charge is 2.30. The van der Waals surface area contributed by atoms with E-state index in [4.69, 9.17) is 0 Å². The molecule has 5 rings (SSSR count). The van der Waals surface area contributed by atoms with Crippen molar-refractivity contribution in [1.29, 1.82) is 0 Å². The lowest BCUT2D eigenvalue weighted by molar-refractivity contribution is 0.470. The van der Waals surface area contributed by atoms with Crippen LogP contribution in [0.5, 0.6) is 0 Å². The van der Waals surface area contributed by atoms with Crippen LogP contribution in [0, 0.1) is 11.3 Å². The van der Waals surface area contributed by atoms with Gasteiger partial charge >= 0.3 is 0 Å². The zero-order chi connectivity index (χ0) is 38.2. The monoisotopic (exact) mass is 744 g/mol. The van der Waals surface area contributed by atoms with Crippen molar-refractivity contribution < 1.29 is 0 Å². The summed E-state index contributed by atoms with van der Waals surface area (Å²) in [5.41, 5.74) is 12.4. The van der Waals surface area contributed by atoms with E-state index in [-0.39, 0.29) is 27.6 Å². The summed E-state index contributed by atoms with van der Waals surface area (Å²) < 4.78 is 0. The van der Waals surface area contributed by atoms with Crippen molar-refractivity contribution in [2.24, 2.45) is 11.3 Å². The van der Waals surface area contributed by atoms with Gasteiger partial charge in [0.2, 0.25) is 0 Å². The zero-order valence-electron chi connectivity index (χ0n) is 33.8. The Hall–Kier alpha value is -2.85. The van der Waals surface area contributed by atoms with Crippen molar-refractivity contribution >= 4 is 45.8 Å². The second-order valence-electron chi connectivity index (χ2n) is 18.5. The van der Waals surface area contributed by atoms with Crippen molar-refractivity contribution in [2.45, 2.75) is 106 Å². The SMILES string of the molecule is C=C1/C=C(/c2cc(C(C)(C)C)ccc2-c2ccc(C(C)(C)C)cc2)SCS/C(C2CC(C(C)(C)C)=CC=C2c2ccc(C(C)(C)C)cc2)=C\C(=C)S1. The van der Waals surface area contributed by atoms with Crippen molar-refractivity contribution in [2.75, 3.05) is 5.08 Å². The van der Waals surface area contributed by atoms with Crippen LogP contribution in [0.4, 0.5) is 0 Å². The van der Waals surface area contributed by atoms with Crippen molar-refractivity contribution in [3.8, 4) is 11.1 Å². The van der Waals surface area contributed by atoms with E-state index in [9.17, 15) is 0 Å². The predicted octanol–water partition coefficient (Wildman–Crippen LogP) is 15.7. The van der Waals surface area contributed by atoms with Crippen LogP contribution >= 0.6 is 35.3 Å². The minimum absolute atomic E-state index is 0.0301. The molecule has 274 valence electrons. The Labute approximate surface area is 329 Å². The second kappa shape index (κ2) is 15.5. The molecule has 0 saturated carbocycles. The second-order valence-corrected chi connectivity index (χ2v) is 22.2. The standard InChI is InChI=1S/C49H60S3/c1-32-27-44(42-29-38(48(9,10)11)23-25-40(42)34-15-19-36(20-16-34)46(3,4)5)50-31-51-45(28-33(2)52-32)43-30-39(49(12,13)14)24-26-41(43)35-17-21-37(22-18-35)47(6,7)8/h15-29,43H,1-2,30-31H2,3-14H3/b44-27-,45-28-. The predicted molar refractivity (Wildman–Crippen MR) is 240 cm³/mol. The molecule has 1 unspecified atom stereocenters. The molecular weight excluding hydrogens is 685 g/mol. The maximum Gasteiger partial charge on any atom is 0.0484 e. The molecular formula is C49H60S3. The molecule has 0 spiro atoms. The smallest absolute Gasteiger partial charge is 0.0484 e. The maximum atomic E-state index is 4.57. The Morgan fingerprint density at radius 1 is 0.538 bits per heavy atom. The molecule has 0 saturated heterocycles. The van der Waals surface area contributed by atoms with E-state index in [0.717, 1.165) is 21.3 Å². The fraction of sp³-hybridized carbons (Fsp3) is 0.388. The fourth-order valence-corrected chi connectivity index (χ4v) is 10.0. The summed E-state index contributed by atoms with van der Waals surface area (Å²) >= 11 is 5.60. The third-order valence-electron chi connectivity index (χ3n) is 10.2. The largest absolute Gasteiger partial charge is 0.119 e. The lowest BCUT2D eigenvalue weighted by atomic mass is 9.74. The van der Waals surface area contributed by atoms with Crippen LogP contribution in [0.25, 0.3) is 21.6 Å². The highest BCUT2D eigenvalue weighted by molar-refractivity contribution is 8.22. The van der Waals surface area contributed by atoms with Crippen LogP contribution in [-0.4, -0.2) is 5.08 Å². The molecule has 0 fully saturated rings. The molecule has 3 aromatic carbocycles. The Morgan fingerprint density at radius 2 is 1.06 bits per heavy atom. The van der Waals surface area contributed by atoms with Gasteiger partial charge in [-0.15, -0.1) is 23.5 Å². The first kappa shape index (κ1) is 40.3. The fourth-order valence-electron chi connectivity index (χ4n) is 6.72. The molecule has 0 nitrogen and oxygen atoms in total. The van der Waals surface area contributed by atoms with E-state index >= 15 is 0 Å². The summed E-state index contributed by atoms with van der Waals surface area (Å²) in [6.07, 6.45) is 10.4. The third-order valence-corrected chi connectivity index (χ3v) is 13.3. The van der Waals surface area contributed by atoms with Crippen LogP contribution in [0.15, 0.2) is 124 Å². The number of rotatable bonds is 4. The topological polar surface area (TPSA) is 0 Å². The van der Waals surface area contributed by atoms with Gasteiger partial charge in [0.25, 0.3) is 0 Å². The minimum atomic E-state index is 0.0301. The minimum Gasteiger partial charge on any atom is -0.119 e. The molecule has 52 heavy (non-hydrogen) atoms. The molecule has 0 bridgehead atoms. The summed E-state index contributed by atoms with van der Waals surface area (Å²) in [5, 5.41) is 0.895. The lowest BCUT2D eigenvalue weighted by Crippen LogP contribution is -2.18. The molecule has 2 aliphatic rings. The van der Waals surface area contributed by atoms with E-state index in [1.54, 1.807) is 11.8 Å². The first-order valence-electron chi connectivity index (χ1n) is 18.6. The van der Waals surface area contributed by atoms with Gasteiger partial charge in [-0.05, 0) is 95.7 Å². The quantitative estimate of drug-likeness (QED) is 0.261. The molecule has 1 aliphatic carbocycles. The number of hydrogen-bond donors (Lipinski definition) is 0. The molecule has 0 N–H and O–H groups in total. The number of benzene rings is 3. The van der Waals surface area contributed by atoms with E-state index in [1.807, 2.05) is 23.5 Å². The Balaban J connectivity index is 1.54. The summed E-state index contributed by atoms with van der Waals surface area (Å²) in [7, 11) is 0. The number of thioether (sulfide) groups is 3. The first-order chi connectivity index (χ1) is 24.1. The molecule has 0 amide bonds. The van der Waals surface area contributed by atoms with E-state index in [0.29, 0.717) is 0 Å². The van der Waals surface area contributed by atoms with Gasteiger partial charge in [0, 0.05) is 25.7 Å². The zero-order valence-corrected chi connectivity index (χ0v) is 36.2. The van der Waals surface area contributed by atoms with E-state index in [2.05, 4.69) is 187 Å². The Kier molecular flexibility index (Phi) is 12.0. The highest BCUT2D eigenvalue weighted by Crippen LogP contribution is 2.50. The summed E-state index contributed by atoms with van der Waals surface area (Å²) in [6.45, 7) is 36.7. The van der Waals surface area contributed by atoms with Crippen LogP contribution in [-0.2, 0) is 16.2 Å². The van der Waals surface area contributed by atoms with Gasteiger partial charge in [0.1, 0.15) is 0 Å². The van der Waals surface area contributed by atoms with Gasteiger partial charge in [0.05, 0.1) is 0 Å². The van der Waals surface area contributed by atoms with E-state index in [1.165, 1.54) is 59.9 Å². The summed E-state index contributed by atoms with van der Waals surface area (Å²) in [6, 6.07) is 25.6. The summed E-state index contributed by atoms with van der Waals surface area (Å²) in [4.78, 5) is 4.68. The highest BCUT2D eigenvalue weighted by atomic mass is 32.2.